The third-order valence-corrected chi connectivity index (χ3v) is 18.6. The van der Waals surface area contributed by atoms with Crippen molar-refractivity contribution in [1.29, 1.82) is 0 Å². The Hall–Kier alpha value is -6.30. The van der Waals surface area contributed by atoms with E-state index in [0.29, 0.717) is 54.2 Å². The van der Waals surface area contributed by atoms with E-state index in [-0.39, 0.29) is 64.9 Å². The number of benzene rings is 3. The molecule has 73 heavy (non-hydrogen) atoms. The van der Waals surface area contributed by atoms with Crippen LogP contribution in [0.4, 0.5) is 15.8 Å². The zero-order valence-corrected chi connectivity index (χ0v) is 42.6. The summed E-state index contributed by atoms with van der Waals surface area (Å²) in [5.74, 6) is 5.07. The molecular formula is C58H61ClFN7O6. The third-order valence-electron chi connectivity index (χ3n) is 18.3. The van der Waals surface area contributed by atoms with Crippen molar-refractivity contribution < 1.29 is 33.1 Å². The van der Waals surface area contributed by atoms with E-state index in [4.69, 9.17) is 21.3 Å². The summed E-state index contributed by atoms with van der Waals surface area (Å²) in [4.78, 5) is 78.0. The molecule has 3 saturated heterocycles. The quantitative estimate of drug-likeness (QED) is 0.133. The number of ether oxygens (including phenoxy) is 1. The average Bonchev–Trinajstić information content (AvgIpc) is 3.62. The molecular weight excluding hydrogens is 945 g/mol. The van der Waals surface area contributed by atoms with Crippen LogP contribution in [-0.4, -0.2) is 94.2 Å². The van der Waals surface area contributed by atoms with Gasteiger partial charge in [-0.15, -0.1) is 0 Å². The van der Waals surface area contributed by atoms with Gasteiger partial charge in [0, 0.05) is 95.2 Å². The molecule has 4 aromatic rings. The van der Waals surface area contributed by atoms with E-state index in [1.165, 1.54) is 0 Å². The Morgan fingerprint density at radius 3 is 2.53 bits per heavy atom. The SMILES string of the molecule is CCc1cc2c(cn1)[C@]1(CN2)[C@@H](c2cccc(Cl)c2F)[C@H](C(=O)N2C[C@@H](C)Oc3cc(C(=O)N4CCC5(CC4)C[C@H]5C#Cc4cccc5c4CN([C@H]4CCC(=O)NC4=O)C5=O)ccc32)NC12CCC(C)(C)CC2. The zero-order valence-electron chi connectivity index (χ0n) is 41.8. The number of amides is 5. The van der Waals surface area contributed by atoms with Crippen LogP contribution in [0.2, 0.25) is 5.02 Å². The van der Waals surface area contributed by atoms with Crippen molar-refractivity contribution in [3.63, 3.8) is 0 Å². The molecule has 5 amide bonds. The Labute approximate surface area is 430 Å². The first-order valence-electron chi connectivity index (χ1n) is 26.2. The molecule has 6 aliphatic heterocycles. The van der Waals surface area contributed by atoms with Crippen LogP contribution in [0, 0.1) is 34.4 Å². The van der Waals surface area contributed by atoms with Crippen LogP contribution in [0.15, 0.2) is 66.9 Å². The van der Waals surface area contributed by atoms with Gasteiger partial charge in [0.25, 0.3) is 11.8 Å². The van der Waals surface area contributed by atoms with Crippen molar-refractivity contribution in [3.05, 3.63) is 117 Å². The van der Waals surface area contributed by atoms with Gasteiger partial charge in [0.1, 0.15) is 23.7 Å². The molecule has 6 atom stereocenters. The molecule has 3 aromatic carbocycles. The van der Waals surface area contributed by atoms with Crippen LogP contribution in [0.25, 0.3) is 0 Å². The van der Waals surface area contributed by atoms with Crippen LogP contribution in [0.3, 0.4) is 0 Å². The van der Waals surface area contributed by atoms with Crippen LogP contribution in [0.5, 0.6) is 5.75 Å². The summed E-state index contributed by atoms with van der Waals surface area (Å²) < 4.78 is 23.2. The first-order valence-corrected chi connectivity index (χ1v) is 26.6. The molecule has 1 aromatic heterocycles. The molecule has 5 fully saturated rings. The van der Waals surface area contributed by atoms with Crippen LogP contribution in [0.1, 0.15) is 140 Å². The number of aryl methyl sites for hydroxylation is 1. The fourth-order valence-electron chi connectivity index (χ4n) is 13.9. The van der Waals surface area contributed by atoms with Gasteiger partial charge in [-0.3, -0.25) is 39.6 Å². The van der Waals surface area contributed by atoms with Gasteiger partial charge in [0.15, 0.2) is 0 Å². The second-order valence-corrected chi connectivity index (χ2v) is 23.3. The summed E-state index contributed by atoms with van der Waals surface area (Å²) >= 11 is 6.61. The number of fused-ring (bicyclic) bond motifs is 5. The second-order valence-electron chi connectivity index (χ2n) is 22.9. The normalized spacial score (nSPS) is 27.9. The Morgan fingerprint density at radius 1 is 0.986 bits per heavy atom. The Kier molecular flexibility index (Phi) is 11.4. The summed E-state index contributed by atoms with van der Waals surface area (Å²) in [6.45, 7) is 10.8. The van der Waals surface area contributed by atoms with E-state index < -0.39 is 46.8 Å². The maximum Gasteiger partial charge on any atom is 0.255 e. The van der Waals surface area contributed by atoms with Gasteiger partial charge in [-0.25, -0.2) is 4.39 Å². The monoisotopic (exact) mass is 1010 g/mol. The summed E-state index contributed by atoms with van der Waals surface area (Å²) in [5.41, 5.74) is 5.32. The van der Waals surface area contributed by atoms with Crippen LogP contribution in [-0.2, 0) is 32.8 Å². The number of hydrogen-bond donors (Lipinski definition) is 3. The highest BCUT2D eigenvalue weighted by atomic mass is 35.5. The largest absolute Gasteiger partial charge is 0.487 e. The molecule has 3 N–H and O–H groups in total. The number of carbonyl (C=O) groups is 5. The Bertz CT molecular complexity index is 3090. The standard InChI is InChI=1S/C58H61ClFN7O6/c1-5-37-27-43-41(29-61-37)58(32-62-43)48(39-10-7-11-42(59)49(39)60)50(64-57(58)20-18-55(3,4)19-21-57)54(72)66-30-33(2)73-46-26-35(13-15-44(46)66)52(70)65-24-22-56(23-25-65)28-36(56)14-12-34-8-6-9-38-40(34)31-67(53(38)71)45-16-17-47(68)63-51(45)69/h6-11,13,15,26-27,29,33,36,45,48,50,62,64H,5,16-25,28,30-32H2,1-4H3,(H,63,68,69)/t33-,36-,45+,48+,50-,58-/m1/s1. The highest BCUT2D eigenvalue weighted by Gasteiger charge is 2.69. The van der Waals surface area contributed by atoms with Crippen molar-refractivity contribution in [2.24, 2.45) is 16.7 Å². The smallest absolute Gasteiger partial charge is 0.255 e. The zero-order chi connectivity index (χ0) is 50.8. The van der Waals surface area contributed by atoms with Gasteiger partial charge in [-0.2, -0.15) is 0 Å². The molecule has 2 aliphatic carbocycles. The Morgan fingerprint density at radius 2 is 1.77 bits per heavy atom. The average molecular weight is 1010 g/mol. The van der Waals surface area contributed by atoms with Gasteiger partial charge in [0.05, 0.1) is 23.3 Å². The van der Waals surface area contributed by atoms with Crippen molar-refractivity contribution in [2.45, 2.75) is 134 Å². The lowest BCUT2D eigenvalue weighted by molar-refractivity contribution is -0.137. The molecule has 3 spiro atoms. The highest BCUT2D eigenvalue weighted by Crippen LogP contribution is 2.64. The minimum Gasteiger partial charge on any atom is -0.487 e. The molecule has 0 radical (unpaired) electrons. The number of piperidine rings is 2. The van der Waals surface area contributed by atoms with E-state index in [0.717, 1.165) is 79.4 Å². The number of pyridine rings is 1. The summed E-state index contributed by atoms with van der Waals surface area (Å²) in [6.07, 6.45) is 8.85. The molecule has 12 rings (SSSR count). The maximum absolute atomic E-state index is 16.8. The highest BCUT2D eigenvalue weighted by molar-refractivity contribution is 6.30. The lowest BCUT2D eigenvalue weighted by Gasteiger charge is -2.51. The third kappa shape index (κ3) is 7.65. The molecule has 13 nitrogen and oxygen atoms in total. The number of carbonyl (C=O) groups excluding carboxylic acids is 5. The van der Waals surface area contributed by atoms with E-state index in [2.05, 4.69) is 54.6 Å². The van der Waals surface area contributed by atoms with Crippen molar-refractivity contribution in [3.8, 4) is 17.6 Å². The predicted molar refractivity (Wildman–Crippen MR) is 274 cm³/mol. The maximum atomic E-state index is 16.8. The summed E-state index contributed by atoms with van der Waals surface area (Å²) in [6, 6.07) is 16.6. The van der Waals surface area contributed by atoms with Crippen molar-refractivity contribution in [1.82, 2.24) is 25.4 Å². The van der Waals surface area contributed by atoms with Gasteiger partial charge in [0.2, 0.25) is 17.7 Å². The van der Waals surface area contributed by atoms with Gasteiger partial charge >= 0.3 is 0 Å². The summed E-state index contributed by atoms with van der Waals surface area (Å²) in [7, 11) is 0. The van der Waals surface area contributed by atoms with Gasteiger partial charge in [-0.05, 0) is 129 Å². The van der Waals surface area contributed by atoms with Crippen LogP contribution < -0.4 is 25.6 Å². The van der Waals surface area contributed by atoms with Crippen LogP contribution >= 0.6 is 11.6 Å². The first-order chi connectivity index (χ1) is 35.0. The van der Waals surface area contributed by atoms with Gasteiger partial charge < -0.3 is 24.8 Å². The number of halogens is 2. The molecule has 0 unspecified atom stereocenters. The summed E-state index contributed by atoms with van der Waals surface area (Å²) in [5, 5.41) is 10.1. The Balaban J connectivity index is 0.779. The minimum atomic E-state index is -0.836. The van der Waals surface area contributed by atoms with E-state index in [1.54, 1.807) is 46.2 Å². The lowest BCUT2D eigenvalue weighted by Crippen LogP contribution is -2.60. The number of imide groups is 1. The van der Waals surface area contributed by atoms with Crippen molar-refractivity contribution >= 4 is 52.5 Å². The minimum absolute atomic E-state index is 0.0144. The molecule has 7 heterocycles. The number of rotatable bonds is 5. The lowest BCUT2D eigenvalue weighted by atomic mass is 9.54. The molecule has 378 valence electrons. The van der Waals surface area contributed by atoms with E-state index in [1.807, 2.05) is 36.2 Å². The number of nitrogens with one attached hydrogen (secondary N) is 3. The first kappa shape index (κ1) is 47.7. The molecule has 15 heteroatoms. The number of likely N-dealkylation sites (tertiary alicyclic amines) is 1. The number of hydrogen-bond acceptors (Lipinski definition) is 9. The number of anilines is 2. The molecule has 0 bridgehead atoms. The topological polar surface area (TPSA) is 153 Å². The molecule has 8 aliphatic rings. The van der Waals surface area contributed by atoms with E-state index >= 15 is 9.18 Å². The number of aromatic nitrogens is 1. The molecule has 2 saturated carbocycles. The van der Waals surface area contributed by atoms with Crippen molar-refractivity contribution in [2.75, 3.05) is 36.4 Å². The fraction of sp³-hybridized carbons (Fsp3) is 0.483. The van der Waals surface area contributed by atoms with Gasteiger partial charge in [-0.1, -0.05) is 62.4 Å². The van der Waals surface area contributed by atoms with E-state index in [9.17, 15) is 19.2 Å². The second kappa shape index (κ2) is 17.4. The predicted octanol–water partition coefficient (Wildman–Crippen LogP) is 8.06. The number of nitrogens with zero attached hydrogens (tertiary/aromatic N) is 4. The fourth-order valence-corrected chi connectivity index (χ4v) is 14.1.